The highest BCUT2D eigenvalue weighted by molar-refractivity contribution is 5.92. The fourth-order valence-electron chi connectivity index (χ4n) is 1.40. The molecule has 18 heavy (non-hydrogen) atoms. The van der Waals surface area contributed by atoms with E-state index in [4.69, 9.17) is 0 Å². The van der Waals surface area contributed by atoms with E-state index in [0.717, 1.165) is 11.4 Å². The summed E-state index contributed by atoms with van der Waals surface area (Å²) in [6.07, 6.45) is 0. The number of carbonyl (C=O) groups excluding carboxylic acids is 1. The maximum Gasteiger partial charge on any atom is 0.226 e. The third-order valence-corrected chi connectivity index (χ3v) is 3.05. The van der Waals surface area contributed by atoms with E-state index in [1.165, 1.54) is 0 Å². The van der Waals surface area contributed by atoms with Crippen molar-refractivity contribution in [2.75, 3.05) is 10.6 Å². The van der Waals surface area contributed by atoms with Gasteiger partial charge in [-0.2, -0.15) is 0 Å². The van der Waals surface area contributed by atoms with Crippen LogP contribution in [0.15, 0.2) is 24.3 Å². The summed E-state index contributed by atoms with van der Waals surface area (Å²) in [7, 11) is 0. The van der Waals surface area contributed by atoms with Crippen LogP contribution >= 0.6 is 0 Å². The van der Waals surface area contributed by atoms with Gasteiger partial charge in [-0.05, 0) is 31.0 Å². The van der Waals surface area contributed by atoms with Gasteiger partial charge >= 0.3 is 0 Å². The number of carbonyl (C=O) groups is 1. The lowest BCUT2D eigenvalue weighted by Crippen LogP contribution is -2.22. The van der Waals surface area contributed by atoms with E-state index in [1.54, 1.807) is 0 Å². The average Bonchev–Trinajstić information content (AvgIpc) is 2.29. The summed E-state index contributed by atoms with van der Waals surface area (Å²) in [6.45, 7) is 10.3. The van der Waals surface area contributed by atoms with Gasteiger partial charge in [0.1, 0.15) is 0 Å². The number of anilines is 2. The minimum atomic E-state index is -0.00352. The fourth-order valence-corrected chi connectivity index (χ4v) is 1.40. The fraction of sp³-hybridized carbons (Fsp3) is 0.533. The van der Waals surface area contributed by atoms with Crippen LogP contribution in [0.5, 0.6) is 0 Å². The summed E-state index contributed by atoms with van der Waals surface area (Å²) >= 11 is 0. The van der Waals surface area contributed by atoms with Crippen molar-refractivity contribution in [1.29, 1.82) is 0 Å². The van der Waals surface area contributed by atoms with Gasteiger partial charge in [-0.3, -0.25) is 4.79 Å². The average molecular weight is 248 g/mol. The Hall–Kier alpha value is -1.51. The molecule has 0 heterocycles. The zero-order valence-electron chi connectivity index (χ0n) is 11.9. The molecule has 2 N–H and O–H groups in total. The molecular weight excluding hydrogens is 224 g/mol. The molecule has 0 aliphatic rings. The van der Waals surface area contributed by atoms with E-state index in [-0.39, 0.29) is 11.8 Å². The Balaban J connectivity index is 2.70. The third kappa shape index (κ3) is 4.40. The van der Waals surface area contributed by atoms with Crippen LogP contribution in [-0.2, 0) is 4.79 Å². The number of hydrogen-bond acceptors (Lipinski definition) is 2. The van der Waals surface area contributed by atoms with Crippen LogP contribution in [0.1, 0.15) is 34.6 Å². The lowest BCUT2D eigenvalue weighted by molar-refractivity contribution is -0.118. The molecule has 0 fully saturated rings. The minimum Gasteiger partial charge on any atom is -0.382 e. The summed E-state index contributed by atoms with van der Waals surface area (Å²) < 4.78 is 0. The van der Waals surface area contributed by atoms with E-state index in [2.05, 4.69) is 31.4 Å². The van der Waals surface area contributed by atoms with Crippen molar-refractivity contribution in [3.63, 3.8) is 0 Å². The highest BCUT2D eigenvalue weighted by atomic mass is 16.1. The maximum absolute atomic E-state index is 11.6. The Morgan fingerprint density at radius 1 is 1.06 bits per heavy atom. The molecule has 3 nitrogen and oxygen atoms in total. The van der Waals surface area contributed by atoms with Crippen molar-refractivity contribution >= 4 is 17.3 Å². The monoisotopic (exact) mass is 248 g/mol. The Labute approximate surface area is 110 Å². The van der Waals surface area contributed by atoms with Crippen LogP contribution < -0.4 is 10.6 Å². The Bertz CT molecular complexity index is 399. The molecule has 0 spiro atoms. The molecule has 100 valence electrons. The molecule has 1 atom stereocenters. The van der Waals surface area contributed by atoms with Gasteiger partial charge in [-0.1, -0.05) is 33.8 Å². The van der Waals surface area contributed by atoms with Crippen LogP contribution in [0.25, 0.3) is 0 Å². The molecule has 1 aromatic carbocycles. The molecule has 1 unspecified atom stereocenters. The first-order valence-electron chi connectivity index (χ1n) is 6.57. The summed E-state index contributed by atoms with van der Waals surface area (Å²) in [5, 5.41) is 6.34. The Morgan fingerprint density at radius 2 is 1.67 bits per heavy atom. The van der Waals surface area contributed by atoms with Crippen molar-refractivity contribution < 1.29 is 4.79 Å². The minimum absolute atomic E-state index is 0.00352. The predicted octanol–water partition coefficient (Wildman–Crippen LogP) is 3.74. The number of benzene rings is 1. The molecular formula is C15H24N2O. The Kier molecular flexibility index (Phi) is 5.20. The largest absolute Gasteiger partial charge is 0.382 e. The highest BCUT2D eigenvalue weighted by Gasteiger charge is 2.09. The first kappa shape index (κ1) is 14.6. The van der Waals surface area contributed by atoms with Crippen molar-refractivity contribution in [2.45, 2.75) is 40.7 Å². The summed E-state index contributed by atoms with van der Waals surface area (Å²) in [5.74, 6) is 0.610. The lowest BCUT2D eigenvalue weighted by atomic mass is 10.1. The van der Waals surface area contributed by atoms with Gasteiger partial charge in [-0.15, -0.1) is 0 Å². The van der Waals surface area contributed by atoms with Gasteiger partial charge in [-0.25, -0.2) is 0 Å². The number of amides is 1. The smallest absolute Gasteiger partial charge is 0.226 e. The van der Waals surface area contributed by atoms with Crippen LogP contribution in [0.4, 0.5) is 11.4 Å². The summed E-state index contributed by atoms with van der Waals surface area (Å²) in [6, 6.07) is 8.25. The topological polar surface area (TPSA) is 41.1 Å². The van der Waals surface area contributed by atoms with Crippen molar-refractivity contribution in [2.24, 2.45) is 11.8 Å². The van der Waals surface area contributed by atoms with Gasteiger partial charge < -0.3 is 10.6 Å². The molecule has 0 saturated heterocycles. The molecule has 0 aliphatic heterocycles. The van der Waals surface area contributed by atoms with Crippen molar-refractivity contribution in [3.8, 4) is 0 Å². The second kappa shape index (κ2) is 6.43. The highest BCUT2D eigenvalue weighted by Crippen LogP contribution is 2.18. The molecule has 0 saturated carbocycles. The van der Waals surface area contributed by atoms with Crippen LogP contribution in [-0.4, -0.2) is 11.9 Å². The second-order valence-corrected chi connectivity index (χ2v) is 5.40. The molecule has 0 aliphatic carbocycles. The molecule has 3 heteroatoms. The molecule has 0 aromatic heterocycles. The summed E-state index contributed by atoms with van der Waals surface area (Å²) in [4.78, 5) is 11.6. The van der Waals surface area contributed by atoms with E-state index < -0.39 is 0 Å². The molecule has 1 rings (SSSR count). The predicted molar refractivity (Wildman–Crippen MR) is 77.8 cm³/mol. The molecule has 0 bridgehead atoms. The van der Waals surface area contributed by atoms with Gasteiger partial charge in [0.25, 0.3) is 0 Å². The van der Waals surface area contributed by atoms with E-state index in [1.807, 2.05) is 38.1 Å². The van der Waals surface area contributed by atoms with Gasteiger partial charge in [0.2, 0.25) is 5.91 Å². The van der Waals surface area contributed by atoms with Crippen molar-refractivity contribution in [1.82, 2.24) is 0 Å². The van der Waals surface area contributed by atoms with Crippen LogP contribution in [0, 0.1) is 11.8 Å². The first-order valence-corrected chi connectivity index (χ1v) is 6.57. The van der Waals surface area contributed by atoms with E-state index >= 15 is 0 Å². The number of nitrogens with one attached hydrogen (secondary N) is 2. The quantitative estimate of drug-likeness (QED) is 0.833. The zero-order valence-corrected chi connectivity index (χ0v) is 11.9. The number of hydrogen-bond donors (Lipinski definition) is 2. The molecule has 0 radical (unpaired) electrons. The third-order valence-electron chi connectivity index (χ3n) is 3.05. The van der Waals surface area contributed by atoms with E-state index in [0.29, 0.717) is 12.0 Å². The van der Waals surface area contributed by atoms with Crippen LogP contribution in [0.2, 0.25) is 0 Å². The summed E-state index contributed by atoms with van der Waals surface area (Å²) in [5.41, 5.74) is 1.88. The van der Waals surface area contributed by atoms with Gasteiger partial charge in [0.15, 0.2) is 0 Å². The lowest BCUT2D eigenvalue weighted by Gasteiger charge is -2.19. The normalized spacial score (nSPS) is 12.6. The number of rotatable bonds is 5. The van der Waals surface area contributed by atoms with Gasteiger partial charge in [0, 0.05) is 23.3 Å². The second-order valence-electron chi connectivity index (χ2n) is 5.40. The molecule has 1 amide bonds. The van der Waals surface area contributed by atoms with Crippen LogP contribution in [0.3, 0.4) is 0 Å². The van der Waals surface area contributed by atoms with Gasteiger partial charge in [0.05, 0.1) is 0 Å². The Morgan fingerprint density at radius 3 is 2.22 bits per heavy atom. The van der Waals surface area contributed by atoms with Crippen molar-refractivity contribution in [3.05, 3.63) is 24.3 Å². The standard InChI is InChI=1S/C15H24N2O/c1-10(2)12(5)16-13-7-6-8-14(9-13)17-15(18)11(3)4/h6-12,16H,1-5H3,(H,17,18). The maximum atomic E-state index is 11.6. The first-order chi connectivity index (χ1) is 8.40. The van der Waals surface area contributed by atoms with E-state index in [9.17, 15) is 4.79 Å². The molecule has 1 aromatic rings. The zero-order chi connectivity index (χ0) is 13.7. The SMILES string of the molecule is CC(C)C(=O)Nc1cccc(NC(C)C(C)C)c1.